The number of carbonyl (C=O) groups excluding carboxylic acids is 1. The standard InChI is InChI=1S/C10H18N2O/c1-4-5-8-12(3)10(13)9(2)6-7-11/h9H,4-6,8H2,1-3H3. The van der Waals surface area contributed by atoms with E-state index >= 15 is 0 Å². The summed E-state index contributed by atoms with van der Waals surface area (Å²) in [6.07, 6.45) is 2.43. The molecule has 3 nitrogen and oxygen atoms in total. The lowest BCUT2D eigenvalue weighted by Gasteiger charge is -2.19. The van der Waals surface area contributed by atoms with Gasteiger partial charge in [-0.1, -0.05) is 20.3 Å². The van der Waals surface area contributed by atoms with Crippen LogP contribution in [-0.2, 0) is 4.79 Å². The van der Waals surface area contributed by atoms with Crippen molar-refractivity contribution in [1.29, 1.82) is 5.26 Å². The van der Waals surface area contributed by atoms with E-state index in [1.165, 1.54) is 0 Å². The molecule has 0 aromatic rings. The number of carbonyl (C=O) groups is 1. The van der Waals surface area contributed by atoms with Crippen molar-refractivity contribution in [1.82, 2.24) is 4.90 Å². The van der Waals surface area contributed by atoms with Crippen LogP contribution < -0.4 is 0 Å². The van der Waals surface area contributed by atoms with Crippen molar-refractivity contribution in [2.45, 2.75) is 33.1 Å². The second kappa shape index (κ2) is 6.47. The first kappa shape index (κ1) is 12.0. The van der Waals surface area contributed by atoms with Gasteiger partial charge in [-0.2, -0.15) is 5.26 Å². The molecule has 0 fully saturated rings. The van der Waals surface area contributed by atoms with E-state index in [1.807, 2.05) is 6.07 Å². The molecular formula is C10H18N2O. The van der Waals surface area contributed by atoms with Crippen molar-refractivity contribution in [2.24, 2.45) is 5.92 Å². The van der Waals surface area contributed by atoms with Crippen LogP contribution in [-0.4, -0.2) is 24.4 Å². The molecule has 0 heterocycles. The van der Waals surface area contributed by atoms with Crippen LogP contribution in [0.5, 0.6) is 0 Å². The zero-order valence-corrected chi connectivity index (χ0v) is 8.71. The third-order valence-corrected chi connectivity index (χ3v) is 2.04. The van der Waals surface area contributed by atoms with E-state index in [2.05, 4.69) is 6.92 Å². The highest BCUT2D eigenvalue weighted by Crippen LogP contribution is 2.05. The normalized spacial score (nSPS) is 11.8. The summed E-state index contributed by atoms with van der Waals surface area (Å²) in [6.45, 7) is 4.69. The minimum absolute atomic E-state index is 0.0787. The Bertz CT molecular complexity index is 196. The fraction of sp³-hybridized carbons (Fsp3) is 0.800. The maximum absolute atomic E-state index is 11.5. The molecule has 0 aromatic carbocycles. The lowest BCUT2D eigenvalue weighted by Crippen LogP contribution is -2.32. The molecule has 0 rings (SSSR count). The molecule has 1 unspecified atom stereocenters. The van der Waals surface area contributed by atoms with Crippen molar-refractivity contribution in [2.75, 3.05) is 13.6 Å². The molecule has 0 radical (unpaired) electrons. The maximum atomic E-state index is 11.5. The molecule has 74 valence electrons. The Balaban J connectivity index is 3.88. The average molecular weight is 182 g/mol. The topological polar surface area (TPSA) is 44.1 Å². The van der Waals surface area contributed by atoms with Gasteiger partial charge in [0.25, 0.3) is 0 Å². The van der Waals surface area contributed by atoms with Gasteiger partial charge in [-0.15, -0.1) is 0 Å². The molecule has 13 heavy (non-hydrogen) atoms. The third kappa shape index (κ3) is 4.51. The summed E-state index contributed by atoms with van der Waals surface area (Å²) in [5.74, 6) is -0.0816. The monoisotopic (exact) mass is 182 g/mol. The Morgan fingerprint density at radius 2 is 2.23 bits per heavy atom. The molecule has 1 atom stereocenters. The molecule has 0 aliphatic rings. The molecule has 0 aliphatic carbocycles. The highest BCUT2D eigenvalue weighted by Gasteiger charge is 2.15. The number of hydrogen-bond acceptors (Lipinski definition) is 2. The SMILES string of the molecule is CCCCN(C)C(=O)C(C)CC#N. The van der Waals surface area contributed by atoms with Gasteiger partial charge >= 0.3 is 0 Å². The van der Waals surface area contributed by atoms with E-state index in [9.17, 15) is 4.79 Å². The summed E-state index contributed by atoms with van der Waals surface area (Å²) >= 11 is 0. The highest BCUT2D eigenvalue weighted by molar-refractivity contribution is 5.78. The van der Waals surface area contributed by atoms with Crippen molar-refractivity contribution in [3.8, 4) is 6.07 Å². The number of unbranched alkanes of at least 4 members (excludes halogenated alkanes) is 1. The van der Waals surface area contributed by atoms with E-state index in [-0.39, 0.29) is 11.8 Å². The van der Waals surface area contributed by atoms with Gasteiger partial charge in [0.1, 0.15) is 0 Å². The van der Waals surface area contributed by atoms with Gasteiger partial charge < -0.3 is 4.90 Å². The van der Waals surface area contributed by atoms with Crippen LogP contribution in [0.1, 0.15) is 33.1 Å². The van der Waals surface area contributed by atoms with Crippen LogP contribution >= 0.6 is 0 Å². The number of nitrogens with zero attached hydrogens (tertiary/aromatic N) is 2. The maximum Gasteiger partial charge on any atom is 0.226 e. The summed E-state index contributed by atoms with van der Waals surface area (Å²) in [7, 11) is 1.80. The van der Waals surface area contributed by atoms with Gasteiger partial charge in [0, 0.05) is 25.9 Å². The molecule has 0 N–H and O–H groups in total. The number of rotatable bonds is 5. The van der Waals surface area contributed by atoms with E-state index in [4.69, 9.17) is 5.26 Å². The minimum Gasteiger partial charge on any atom is -0.346 e. The fourth-order valence-corrected chi connectivity index (χ4v) is 1.11. The average Bonchev–Trinajstić information content (AvgIpc) is 2.13. The fourth-order valence-electron chi connectivity index (χ4n) is 1.11. The first-order valence-corrected chi connectivity index (χ1v) is 4.75. The zero-order chi connectivity index (χ0) is 10.3. The Morgan fingerprint density at radius 3 is 2.69 bits per heavy atom. The van der Waals surface area contributed by atoms with Gasteiger partial charge in [0.15, 0.2) is 0 Å². The van der Waals surface area contributed by atoms with Crippen molar-refractivity contribution in [3.63, 3.8) is 0 Å². The molecule has 0 aliphatic heterocycles. The predicted molar refractivity (Wildman–Crippen MR) is 51.9 cm³/mol. The van der Waals surface area contributed by atoms with Crippen molar-refractivity contribution >= 4 is 5.91 Å². The first-order chi connectivity index (χ1) is 6.13. The van der Waals surface area contributed by atoms with Crippen LogP contribution in [0.15, 0.2) is 0 Å². The zero-order valence-electron chi connectivity index (χ0n) is 8.71. The number of amides is 1. The van der Waals surface area contributed by atoms with Gasteiger partial charge in [-0.05, 0) is 6.42 Å². The van der Waals surface area contributed by atoms with Crippen LogP contribution in [0.4, 0.5) is 0 Å². The lowest BCUT2D eigenvalue weighted by atomic mass is 10.1. The van der Waals surface area contributed by atoms with Crippen LogP contribution in [0, 0.1) is 17.2 Å². The van der Waals surface area contributed by atoms with Crippen LogP contribution in [0.2, 0.25) is 0 Å². The molecule has 0 saturated carbocycles. The quantitative estimate of drug-likeness (QED) is 0.650. The summed E-state index contributed by atoms with van der Waals surface area (Å²) < 4.78 is 0. The Kier molecular flexibility index (Phi) is 5.96. The van der Waals surface area contributed by atoms with Gasteiger partial charge in [-0.3, -0.25) is 4.79 Å². The Hall–Kier alpha value is -1.04. The number of hydrogen-bond donors (Lipinski definition) is 0. The summed E-state index contributed by atoms with van der Waals surface area (Å²) in [5.41, 5.74) is 0. The second-order valence-corrected chi connectivity index (χ2v) is 3.38. The molecule has 0 aromatic heterocycles. The Labute approximate surface area is 80.3 Å². The van der Waals surface area contributed by atoms with E-state index < -0.39 is 0 Å². The summed E-state index contributed by atoms with van der Waals surface area (Å²) in [6, 6.07) is 2.01. The highest BCUT2D eigenvalue weighted by atomic mass is 16.2. The molecule has 0 spiro atoms. The Morgan fingerprint density at radius 1 is 1.62 bits per heavy atom. The first-order valence-electron chi connectivity index (χ1n) is 4.75. The summed E-state index contributed by atoms with van der Waals surface area (Å²) in [4.78, 5) is 13.2. The van der Waals surface area contributed by atoms with Crippen molar-refractivity contribution in [3.05, 3.63) is 0 Å². The number of nitriles is 1. The minimum atomic E-state index is -0.160. The van der Waals surface area contributed by atoms with Crippen molar-refractivity contribution < 1.29 is 4.79 Å². The van der Waals surface area contributed by atoms with Crippen LogP contribution in [0.25, 0.3) is 0 Å². The largest absolute Gasteiger partial charge is 0.346 e. The van der Waals surface area contributed by atoms with Crippen LogP contribution in [0.3, 0.4) is 0 Å². The molecule has 1 amide bonds. The lowest BCUT2D eigenvalue weighted by molar-refractivity contribution is -0.133. The predicted octanol–water partition coefficient (Wildman–Crippen LogP) is 1.79. The molecule has 0 bridgehead atoms. The van der Waals surface area contributed by atoms with E-state index in [1.54, 1.807) is 18.9 Å². The van der Waals surface area contributed by atoms with E-state index in [0.29, 0.717) is 6.42 Å². The second-order valence-electron chi connectivity index (χ2n) is 3.38. The van der Waals surface area contributed by atoms with Gasteiger partial charge in [-0.25, -0.2) is 0 Å². The molecular weight excluding hydrogens is 164 g/mol. The smallest absolute Gasteiger partial charge is 0.226 e. The van der Waals surface area contributed by atoms with Gasteiger partial charge in [0.05, 0.1) is 6.07 Å². The molecule has 0 saturated heterocycles. The molecule has 3 heteroatoms. The van der Waals surface area contributed by atoms with Gasteiger partial charge in [0.2, 0.25) is 5.91 Å². The summed E-state index contributed by atoms with van der Waals surface area (Å²) in [5, 5.41) is 8.42. The van der Waals surface area contributed by atoms with E-state index in [0.717, 1.165) is 19.4 Å². The third-order valence-electron chi connectivity index (χ3n) is 2.04.